The zero-order chi connectivity index (χ0) is 14.8. The smallest absolute Gasteiger partial charge is 0.0602 e. The average Bonchev–Trinajstić information content (AvgIpc) is 2.53. The fraction of sp³-hybridized carbons (Fsp3) is 0.368. The lowest BCUT2D eigenvalue weighted by Gasteiger charge is -2.46. The Morgan fingerprint density at radius 2 is 1.43 bits per heavy atom. The molecule has 2 nitrogen and oxygen atoms in total. The third kappa shape index (κ3) is 2.74. The monoisotopic (exact) mass is 281 g/mol. The van der Waals surface area contributed by atoms with Crippen molar-refractivity contribution in [1.29, 1.82) is 0 Å². The molecule has 0 bridgehead atoms. The second-order valence-corrected chi connectivity index (χ2v) is 6.11. The fourth-order valence-electron chi connectivity index (χ4n) is 3.62. The lowest BCUT2D eigenvalue weighted by molar-refractivity contribution is -0.0328. The van der Waals surface area contributed by atoms with Crippen LogP contribution in [0.5, 0.6) is 0 Å². The van der Waals surface area contributed by atoms with Gasteiger partial charge in [0.1, 0.15) is 0 Å². The van der Waals surface area contributed by atoms with Gasteiger partial charge in [-0.1, -0.05) is 67.6 Å². The standard InChI is InChI=1S/C19H23NO/c1-14-18(21)13-17(15-9-5-3-6-10-15)20(2)19(14)16-11-7-4-8-12-16/h3-12,14,17-19,21H,13H2,1-2H3/t14-,17-,18-,19+/m1/s1. The molecule has 1 aliphatic rings. The van der Waals surface area contributed by atoms with Crippen LogP contribution in [0.4, 0.5) is 0 Å². The van der Waals surface area contributed by atoms with E-state index in [0.717, 1.165) is 6.42 Å². The Labute approximate surface area is 127 Å². The molecule has 0 aromatic heterocycles. The summed E-state index contributed by atoms with van der Waals surface area (Å²) in [5, 5.41) is 10.5. The highest BCUT2D eigenvalue weighted by molar-refractivity contribution is 5.25. The third-order valence-electron chi connectivity index (χ3n) is 4.83. The number of benzene rings is 2. The summed E-state index contributed by atoms with van der Waals surface area (Å²) >= 11 is 0. The van der Waals surface area contributed by atoms with Gasteiger partial charge in [-0.2, -0.15) is 0 Å². The first-order valence-corrected chi connectivity index (χ1v) is 7.68. The summed E-state index contributed by atoms with van der Waals surface area (Å²) in [6.45, 7) is 2.15. The summed E-state index contributed by atoms with van der Waals surface area (Å²) in [5.41, 5.74) is 2.57. The van der Waals surface area contributed by atoms with E-state index in [1.165, 1.54) is 11.1 Å². The molecule has 4 atom stereocenters. The minimum Gasteiger partial charge on any atom is -0.393 e. The van der Waals surface area contributed by atoms with Gasteiger partial charge >= 0.3 is 0 Å². The van der Waals surface area contributed by atoms with E-state index in [4.69, 9.17) is 0 Å². The number of aliphatic hydroxyl groups excluding tert-OH is 1. The van der Waals surface area contributed by atoms with E-state index in [0.29, 0.717) is 0 Å². The second kappa shape index (κ2) is 6.00. The Morgan fingerprint density at radius 1 is 0.905 bits per heavy atom. The van der Waals surface area contributed by atoms with Crippen molar-refractivity contribution in [3.63, 3.8) is 0 Å². The van der Waals surface area contributed by atoms with Gasteiger partial charge in [-0.15, -0.1) is 0 Å². The molecule has 21 heavy (non-hydrogen) atoms. The van der Waals surface area contributed by atoms with Crippen LogP contribution in [0.25, 0.3) is 0 Å². The minimum atomic E-state index is -0.267. The van der Waals surface area contributed by atoms with Crippen LogP contribution in [0.2, 0.25) is 0 Å². The number of hydrogen-bond acceptors (Lipinski definition) is 2. The van der Waals surface area contributed by atoms with Gasteiger partial charge in [0.15, 0.2) is 0 Å². The molecule has 0 spiro atoms. The molecule has 1 aliphatic heterocycles. The fourth-order valence-corrected chi connectivity index (χ4v) is 3.62. The second-order valence-electron chi connectivity index (χ2n) is 6.11. The molecular formula is C19H23NO. The third-order valence-corrected chi connectivity index (χ3v) is 4.83. The Hall–Kier alpha value is -1.64. The van der Waals surface area contributed by atoms with Gasteiger partial charge in [-0.25, -0.2) is 0 Å². The van der Waals surface area contributed by atoms with Crippen molar-refractivity contribution in [2.45, 2.75) is 31.5 Å². The number of aliphatic hydroxyl groups is 1. The van der Waals surface area contributed by atoms with Crippen molar-refractivity contribution in [3.8, 4) is 0 Å². The van der Waals surface area contributed by atoms with Gasteiger partial charge in [-0.3, -0.25) is 4.90 Å². The van der Waals surface area contributed by atoms with Crippen LogP contribution in [0.3, 0.4) is 0 Å². The van der Waals surface area contributed by atoms with Gasteiger partial charge < -0.3 is 5.11 Å². The topological polar surface area (TPSA) is 23.5 Å². The van der Waals surface area contributed by atoms with Crippen molar-refractivity contribution in [2.24, 2.45) is 5.92 Å². The van der Waals surface area contributed by atoms with Gasteiger partial charge in [0.05, 0.1) is 6.10 Å². The van der Waals surface area contributed by atoms with Crippen LogP contribution in [0.15, 0.2) is 60.7 Å². The highest BCUT2D eigenvalue weighted by Crippen LogP contribution is 2.43. The van der Waals surface area contributed by atoms with Crippen LogP contribution < -0.4 is 0 Å². The Kier molecular flexibility index (Phi) is 4.09. The molecule has 0 unspecified atom stereocenters. The molecule has 1 fully saturated rings. The number of rotatable bonds is 2. The summed E-state index contributed by atoms with van der Waals surface area (Å²) in [6.07, 6.45) is 0.530. The number of nitrogens with zero attached hydrogens (tertiary/aromatic N) is 1. The maximum atomic E-state index is 10.5. The molecule has 2 heteroatoms. The first-order valence-electron chi connectivity index (χ1n) is 7.68. The van der Waals surface area contributed by atoms with E-state index in [2.05, 4.69) is 67.4 Å². The Bertz CT molecular complexity index is 569. The Morgan fingerprint density at radius 3 is 2.00 bits per heavy atom. The molecule has 0 radical (unpaired) electrons. The zero-order valence-corrected chi connectivity index (χ0v) is 12.7. The number of piperidine rings is 1. The highest BCUT2D eigenvalue weighted by atomic mass is 16.3. The van der Waals surface area contributed by atoms with E-state index in [9.17, 15) is 5.11 Å². The Balaban J connectivity index is 1.96. The van der Waals surface area contributed by atoms with Crippen molar-refractivity contribution in [2.75, 3.05) is 7.05 Å². The van der Waals surface area contributed by atoms with E-state index in [1.807, 2.05) is 12.1 Å². The lowest BCUT2D eigenvalue weighted by atomic mass is 9.79. The molecule has 2 aromatic carbocycles. The van der Waals surface area contributed by atoms with Crippen LogP contribution in [-0.4, -0.2) is 23.2 Å². The van der Waals surface area contributed by atoms with Crippen LogP contribution in [0, 0.1) is 5.92 Å². The summed E-state index contributed by atoms with van der Waals surface area (Å²) in [7, 11) is 2.18. The van der Waals surface area contributed by atoms with E-state index >= 15 is 0 Å². The van der Waals surface area contributed by atoms with Gasteiger partial charge in [-0.05, 0) is 24.6 Å². The molecule has 2 aromatic rings. The molecule has 1 saturated heterocycles. The maximum absolute atomic E-state index is 10.5. The molecule has 0 aliphatic carbocycles. The summed E-state index contributed by atoms with van der Waals surface area (Å²) in [4.78, 5) is 2.42. The van der Waals surface area contributed by atoms with E-state index in [-0.39, 0.29) is 24.1 Å². The van der Waals surface area contributed by atoms with Crippen LogP contribution in [0.1, 0.15) is 36.6 Å². The van der Waals surface area contributed by atoms with Crippen molar-refractivity contribution >= 4 is 0 Å². The van der Waals surface area contributed by atoms with Gasteiger partial charge in [0.2, 0.25) is 0 Å². The minimum absolute atomic E-state index is 0.234. The largest absolute Gasteiger partial charge is 0.393 e. The molecule has 1 N–H and O–H groups in total. The number of hydrogen-bond donors (Lipinski definition) is 1. The van der Waals surface area contributed by atoms with Crippen LogP contribution in [-0.2, 0) is 0 Å². The molecule has 110 valence electrons. The normalized spacial score (nSPS) is 30.2. The predicted molar refractivity (Wildman–Crippen MR) is 85.9 cm³/mol. The van der Waals surface area contributed by atoms with Crippen molar-refractivity contribution in [1.82, 2.24) is 4.90 Å². The molecule has 0 saturated carbocycles. The van der Waals surface area contributed by atoms with E-state index in [1.54, 1.807) is 0 Å². The summed E-state index contributed by atoms with van der Waals surface area (Å²) in [5.74, 6) is 0.234. The SMILES string of the molecule is C[C@@H]1[C@H](O)C[C@H](c2ccccc2)N(C)[C@@H]1c1ccccc1. The highest BCUT2D eigenvalue weighted by Gasteiger charge is 2.39. The molecular weight excluding hydrogens is 258 g/mol. The summed E-state index contributed by atoms with van der Waals surface area (Å²) < 4.78 is 0. The number of likely N-dealkylation sites (tertiary alicyclic amines) is 1. The first kappa shape index (κ1) is 14.3. The molecule has 3 rings (SSSR count). The van der Waals surface area contributed by atoms with Crippen molar-refractivity contribution in [3.05, 3.63) is 71.8 Å². The average molecular weight is 281 g/mol. The first-order chi connectivity index (χ1) is 10.2. The van der Waals surface area contributed by atoms with E-state index < -0.39 is 0 Å². The molecule has 0 amide bonds. The van der Waals surface area contributed by atoms with Gasteiger partial charge in [0.25, 0.3) is 0 Å². The van der Waals surface area contributed by atoms with Crippen molar-refractivity contribution < 1.29 is 5.11 Å². The van der Waals surface area contributed by atoms with Crippen LogP contribution >= 0.6 is 0 Å². The summed E-state index contributed by atoms with van der Waals surface area (Å²) in [6, 6.07) is 21.6. The van der Waals surface area contributed by atoms with Gasteiger partial charge in [0, 0.05) is 18.0 Å². The lowest BCUT2D eigenvalue weighted by Crippen LogP contribution is -2.44. The quantitative estimate of drug-likeness (QED) is 0.905. The zero-order valence-electron chi connectivity index (χ0n) is 12.7. The predicted octanol–water partition coefficient (Wildman–Crippen LogP) is 3.80. The maximum Gasteiger partial charge on any atom is 0.0602 e. The molecule has 1 heterocycles.